The van der Waals surface area contributed by atoms with Gasteiger partial charge < -0.3 is 4.90 Å². The SMILES string of the molecule is [CH2-]N1CCCCC1.[Y+3]. The van der Waals surface area contributed by atoms with Crippen LogP contribution in [0.15, 0.2) is 0 Å². The predicted octanol–water partition coefficient (Wildman–Crippen LogP) is 1.26. The number of piperidine rings is 1. The van der Waals surface area contributed by atoms with Crippen LogP contribution in [0.25, 0.3) is 0 Å². The van der Waals surface area contributed by atoms with Gasteiger partial charge in [0.05, 0.1) is 0 Å². The molecule has 0 saturated carbocycles. The number of likely N-dealkylation sites (tertiary alicyclic amines) is 1. The molecule has 0 radical (unpaired) electrons. The van der Waals surface area contributed by atoms with E-state index in [0.717, 1.165) is 0 Å². The van der Waals surface area contributed by atoms with Crippen LogP contribution < -0.4 is 0 Å². The molecule has 0 N–H and O–H groups in total. The maximum absolute atomic E-state index is 3.83. The molecule has 0 aromatic heterocycles. The van der Waals surface area contributed by atoms with E-state index in [1.807, 2.05) is 0 Å². The standard InChI is InChI=1S/C6H12N.Y/c1-7-5-3-2-4-6-7;/h1-6H2;/q-1;+3. The zero-order valence-corrected chi connectivity index (χ0v) is 8.11. The second-order valence-electron chi connectivity index (χ2n) is 2.18. The fourth-order valence-corrected chi connectivity index (χ4v) is 0.959. The van der Waals surface area contributed by atoms with Gasteiger partial charge >= 0.3 is 32.7 Å². The second kappa shape index (κ2) is 4.90. The van der Waals surface area contributed by atoms with Gasteiger partial charge in [-0.1, -0.05) is 6.42 Å². The summed E-state index contributed by atoms with van der Waals surface area (Å²) in [5.74, 6) is 0. The summed E-state index contributed by atoms with van der Waals surface area (Å²) in [7, 11) is 3.83. The first-order valence-electron chi connectivity index (χ1n) is 2.95. The molecule has 1 heterocycles. The third-order valence-electron chi connectivity index (χ3n) is 1.45. The molecule has 0 unspecified atom stereocenters. The van der Waals surface area contributed by atoms with Crippen LogP contribution in [-0.4, -0.2) is 18.0 Å². The van der Waals surface area contributed by atoms with Crippen molar-refractivity contribution >= 4 is 0 Å². The maximum Gasteiger partial charge on any atom is 3.00 e. The van der Waals surface area contributed by atoms with Crippen LogP contribution in [0.3, 0.4) is 0 Å². The zero-order valence-electron chi connectivity index (χ0n) is 5.27. The summed E-state index contributed by atoms with van der Waals surface area (Å²) in [4.78, 5) is 2.14. The Labute approximate surface area is 76.7 Å². The van der Waals surface area contributed by atoms with Crippen molar-refractivity contribution in [2.45, 2.75) is 19.3 Å². The van der Waals surface area contributed by atoms with Gasteiger partial charge in [0.2, 0.25) is 0 Å². The third-order valence-corrected chi connectivity index (χ3v) is 1.45. The minimum Gasteiger partial charge on any atom is -0.459 e. The van der Waals surface area contributed by atoms with E-state index in [0.29, 0.717) is 0 Å². The largest absolute Gasteiger partial charge is 3.00 e. The van der Waals surface area contributed by atoms with E-state index in [2.05, 4.69) is 11.9 Å². The molecule has 1 rings (SSSR count). The van der Waals surface area contributed by atoms with E-state index in [4.69, 9.17) is 0 Å². The summed E-state index contributed by atoms with van der Waals surface area (Å²) < 4.78 is 0. The molecule has 8 heavy (non-hydrogen) atoms. The van der Waals surface area contributed by atoms with Crippen LogP contribution in [0, 0.1) is 7.05 Å². The molecule has 2 heteroatoms. The Kier molecular flexibility index (Phi) is 5.55. The summed E-state index contributed by atoms with van der Waals surface area (Å²) in [6.07, 6.45) is 4.11. The van der Waals surface area contributed by atoms with Gasteiger partial charge in [-0.2, -0.15) is 0 Å². The number of rotatable bonds is 0. The molecule has 1 aliphatic heterocycles. The minimum atomic E-state index is 0. The van der Waals surface area contributed by atoms with E-state index in [1.54, 1.807) is 0 Å². The summed E-state index contributed by atoms with van der Waals surface area (Å²) in [6.45, 7) is 2.42. The molecule has 1 fully saturated rings. The Balaban J connectivity index is 0.000000490. The number of hydrogen-bond acceptors (Lipinski definition) is 1. The van der Waals surface area contributed by atoms with Gasteiger partial charge in [-0.05, 0) is 25.9 Å². The van der Waals surface area contributed by atoms with Crippen molar-refractivity contribution in [2.75, 3.05) is 13.1 Å². The summed E-state index contributed by atoms with van der Waals surface area (Å²) in [5.41, 5.74) is 0. The van der Waals surface area contributed by atoms with Crippen molar-refractivity contribution in [3.8, 4) is 0 Å². The van der Waals surface area contributed by atoms with Crippen molar-refractivity contribution in [1.82, 2.24) is 4.90 Å². The van der Waals surface area contributed by atoms with Gasteiger partial charge in [0.25, 0.3) is 0 Å². The molecule has 0 aromatic carbocycles. The molecule has 0 amide bonds. The Bertz CT molecular complexity index is 50.5. The average molecular weight is 187 g/mol. The molecule has 1 nitrogen and oxygen atoms in total. The molecule has 0 aromatic rings. The Morgan fingerprint density at radius 2 is 1.50 bits per heavy atom. The van der Waals surface area contributed by atoms with Crippen molar-refractivity contribution in [1.29, 1.82) is 0 Å². The smallest absolute Gasteiger partial charge is 0.459 e. The number of hydrogen-bond donors (Lipinski definition) is 0. The van der Waals surface area contributed by atoms with Crippen LogP contribution in [0.5, 0.6) is 0 Å². The van der Waals surface area contributed by atoms with Gasteiger partial charge in [-0.15, -0.1) is 0 Å². The van der Waals surface area contributed by atoms with Gasteiger partial charge in [-0.3, -0.25) is 7.05 Å². The summed E-state index contributed by atoms with van der Waals surface area (Å²) in [6, 6.07) is 0. The summed E-state index contributed by atoms with van der Waals surface area (Å²) >= 11 is 0. The molecule has 1 saturated heterocycles. The molecule has 0 aliphatic carbocycles. The molecule has 42 valence electrons. The van der Waals surface area contributed by atoms with Crippen LogP contribution in [0.1, 0.15) is 19.3 Å². The van der Waals surface area contributed by atoms with Crippen molar-refractivity contribution in [2.24, 2.45) is 0 Å². The van der Waals surface area contributed by atoms with E-state index < -0.39 is 0 Å². The number of nitrogens with zero attached hydrogens (tertiary/aromatic N) is 1. The Hall–Kier alpha value is 1.06. The third kappa shape index (κ3) is 3.16. The van der Waals surface area contributed by atoms with Gasteiger partial charge in [0, 0.05) is 0 Å². The normalized spacial score (nSPS) is 22.1. The fraction of sp³-hybridized carbons (Fsp3) is 0.833. The van der Waals surface area contributed by atoms with E-state index >= 15 is 0 Å². The zero-order chi connectivity index (χ0) is 5.11. The van der Waals surface area contributed by atoms with E-state index in [9.17, 15) is 0 Å². The quantitative estimate of drug-likeness (QED) is 0.516. The van der Waals surface area contributed by atoms with Crippen LogP contribution in [0.4, 0.5) is 0 Å². The average Bonchev–Trinajstić information content (AvgIpc) is 1.69. The maximum atomic E-state index is 3.83. The minimum absolute atomic E-state index is 0. The molecule has 0 spiro atoms. The van der Waals surface area contributed by atoms with Crippen LogP contribution in [0.2, 0.25) is 0 Å². The topological polar surface area (TPSA) is 3.24 Å². The predicted molar refractivity (Wildman–Crippen MR) is 30.8 cm³/mol. The summed E-state index contributed by atoms with van der Waals surface area (Å²) in [5, 5.41) is 0. The van der Waals surface area contributed by atoms with Crippen LogP contribution >= 0.6 is 0 Å². The Morgan fingerprint density at radius 1 is 1.00 bits per heavy atom. The molecular formula is C6H12NY+2. The first-order valence-corrected chi connectivity index (χ1v) is 2.95. The van der Waals surface area contributed by atoms with E-state index in [-0.39, 0.29) is 32.7 Å². The Morgan fingerprint density at radius 3 is 1.75 bits per heavy atom. The van der Waals surface area contributed by atoms with Gasteiger partial charge in [0.1, 0.15) is 0 Å². The first kappa shape index (κ1) is 9.06. The fourth-order valence-electron chi connectivity index (χ4n) is 0.959. The molecular weight excluding hydrogens is 175 g/mol. The van der Waals surface area contributed by atoms with Crippen LogP contribution in [-0.2, 0) is 32.7 Å². The van der Waals surface area contributed by atoms with Crippen molar-refractivity contribution in [3.05, 3.63) is 7.05 Å². The molecule has 1 aliphatic rings. The molecule has 0 atom stereocenters. The van der Waals surface area contributed by atoms with Crippen molar-refractivity contribution in [3.63, 3.8) is 0 Å². The monoisotopic (exact) mass is 187 g/mol. The first-order chi connectivity index (χ1) is 3.39. The van der Waals surface area contributed by atoms with E-state index in [1.165, 1.54) is 32.4 Å². The van der Waals surface area contributed by atoms with Gasteiger partial charge in [0.15, 0.2) is 0 Å². The van der Waals surface area contributed by atoms with Gasteiger partial charge in [-0.25, -0.2) is 0 Å². The van der Waals surface area contributed by atoms with Crippen molar-refractivity contribution < 1.29 is 32.7 Å². The second-order valence-corrected chi connectivity index (χ2v) is 2.18. The molecule has 0 bridgehead atoms.